The molecule has 1 aliphatic heterocycles. The molecule has 140 valence electrons. The molecule has 1 aromatic carbocycles. The Balaban J connectivity index is 1.76. The lowest BCUT2D eigenvalue weighted by molar-refractivity contribution is -0.133. The first kappa shape index (κ1) is 19.7. The summed E-state index contributed by atoms with van der Waals surface area (Å²) in [5.41, 5.74) is 0. The first-order chi connectivity index (χ1) is 11.9. The number of nitrogens with zero attached hydrogens (tertiary/aromatic N) is 1. The van der Waals surface area contributed by atoms with Gasteiger partial charge in [-0.05, 0) is 50.1 Å². The van der Waals surface area contributed by atoms with Crippen LogP contribution in [-0.2, 0) is 14.6 Å². The highest BCUT2D eigenvalue weighted by atomic mass is 32.2. The number of sulfone groups is 1. The van der Waals surface area contributed by atoms with Crippen LogP contribution in [0.15, 0.2) is 29.2 Å². The molecule has 0 spiro atoms. The summed E-state index contributed by atoms with van der Waals surface area (Å²) in [5, 5.41) is 3.31. The van der Waals surface area contributed by atoms with E-state index in [4.69, 9.17) is 4.74 Å². The summed E-state index contributed by atoms with van der Waals surface area (Å²) < 4.78 is 28.4. The van der Waals surface area contributed by atoms with Crippen molar-refractivity contribution in [1.29, 1.82) is 0 Å². The second kappa shape index (κ2) is 9.20. The average molecular weight is 368 g/mol. The van der Waals surface area contributed by atoms with Crippen LogP contribution in [-0.4, -0.2) is 57.8 Å². The van der Waals surface area contributed by atoms with Crippen molar-refractivity contribution in [2.24, 2.45) is 0 Å². The van der Waals surface area contributed by atoms with Gasteiger partial charge in [0.1, 0.15) is 5.75 Å². The summed E-state index contributed by atoms with van der Waals surface area (Å²) in [7, 11) is -3.19. The lowest BCUT2D eigenvalue weighted by atomic mass is 10.1. The Bertz CT molecular complexity index is 652. The van der Waals surface area contributed by atoms with Crippen molar-refractivity contribution >= 4 is 15.7 Å². The molecule has 0 bridgehead atoms. The molecular weight excluding hydrogens is 340 g/mol. The van der Waals surface area contributed by atoms with Gasteiger partial charge in [0, 0.05) is 31.8 Å². The highest BCUT2D eigenvalue weighted by Gasteiger charge is 2.25. The number of ether oxygens (including phenoxy) is 1. The molecule has 1 amide bonds. The van der Waals surface area contributed by atoms with Crippen molar-refractivity contribution in [2.75, 3.05) is 32.5 Å². The Hall–Kier alpha value is -1.60. The third-order valence-corrected chi connectivity index (χ3v) is 5.44. The monoisotopic (exact) mass is 368 g/mol. The number of nitrogens with one attached hydrogen (secondary N) is 1. The summed E-state index contributed by atoms with van der Waals surface area (Å²) in [4.78, 5) is 14.7. The van der Waals surface area contributed by atoms with Crippen molar-refractivity contribution in [1.82, 2.24) is 10.2 Å². The number of benzene rings is 1. The van der Waals surface area contributed by atoms with E-state index in [1.54, 1.807) is 12.1 Å². The molecule has 1 atom stereocenters. The van der Waals surface area contributed by atoms with Crippen LogP contribution < -0.4 is 10.1 Å². The lowest BCUT2D eigenvalue weighted by Crippen LogP contribution is -2.42. The van der Waals surface area contributed by atoms with E-state index in [-0.39, 0.29) is 10.8 Å². The van der Waals surface area contributed by atoms with E-state index in [9.17, 15) is 13.2 Å². The number of amides is 1. The zero-order valence-corrected chi connectivity index (χ0v) is 15.8. The summed E-state index contributed by atoms with van der Waals surface area (Å²) in [6.45, 7) is 5.19. The van der Waals surface area contributed by atoms with Crippen LogP contribution in [0.25, 0.3) is 0 Å². The number of rotatable bonds is 9. The molecule has 1 unspecified atom stereocenters. The van der Waals surface area contributed by atoms with Gasteiger partial charge in [-0.2, -0.15) is 0 Å². The largest absolute Gasteiger partial charge is 0.494 e. The van der Waals surface area contributed by atoms with Gasteiger partial charge in [0.25, 0.3) is 0 Å². The Morgan fingerprint density at radius 1 is 1.32 bits per heavy atom. The van der Waals surface area contributed by atoms with Gasteiger partial charge in [0.15, 0.2) is 9.84 Å². The van der Waals surface area contributed by atoms with Crippen LogP contribution >= 0.6 is 0 Å². The predicted molar refractivity (Wildman–Crippen MR) is 97.6 cm³/mol. The maximum absolute atomic E-state index is 12.5. The van der Waals surface area contributed by atoms with E-state index >= 15 is 0 Å². The minimum Gasteiger partial charge on any atom is -0.494 e. The van der Waals surface area contributed by atoms with Gasteiger partial charge in [0.2, 0.25) is 5.91 Å². The molecule has 0 saturated carbocycles. The summed E-state index contributed by atoms with van der Waals surface area (Å²) in [6.07, 6.45) is 4.28. The smallest absolute Gasteiger partial charge is 0.222 e. The van der Waals surface area contributed by atoms with Crippen LogP contribution in [0.1, 0.15) is 32.6 Å². The number of hydrogen-bond acceptors (Lipinski definition) is 5. The standard InChI is InChI=1S/C18H28N2O4S/c1-3-12-20(15-10-11-19-14-15)18(21)5-4-13-24-16-6-8-17(9-7-16)25(2,22)23/h6-9,15,19H,3-5,10-14H2,1-2H3. The van der Waals surface area contributed by atoms with Gasteiger partial charge in [-0.1, -0.05) is 6.92 Å². The van der Waals surface area contributed by atoms with E-state index in [0.717, 1.165) is 32.5 Å². The van der Waals surface area contributed by atoms with Gasteiger partial charge in [-0.15, -0.1) is 0 Å². The third-order valence-electron chi connectivity index (χ3n) is 4.32. The molecule has 25 heavy (non-hydrogen) atoms. The maximum atomic E-state index is 12.5. The van der Waals surface area contributed by atoms with Gasteiger partial charge >= 0.3 is 0 Å². The lowest BCUT2D eigenvalue weighted by Gasteiger charge is -2.28. The van der Waals surface area contributed by atoms with Crippen LogP contribution in [0, 0.1) is 0 Å². The number of carbonyl (C=O) groups is 1. The molecule has 7 heteroatoms. The molecular formula is C18H28N2O4S. The molecule has 1 heterocycles. The molecule has 0 aromatic heterocycles. The maximum Gasteiger partial charge on any atom is 0.222 e. The van der Waals surface area contributed by atoms with Gasteiger partial charge in [-0.25, -0.2) is 8.42 Å². The minimum atomic E-state index is -3.19. The van der Waals surface area contributed by atoms with Crippen LogP contribution in [0.2, 0.25) is 0 Å². The zero-order valence-electron chi connectivity index (χ0n) is 15.0. The van der Waals surface area contributed by atoms with Gasteiger partial charge in [0.05, 0.1) is 11.5 Å². The summed E-state index contributed by atoms with van der Waals surface area (Å²) in [5.74, 6) is 0.803. The summed E-state index contributed by atoms with van der Waals surface area (Å²) in [6, 6.07) is 6.67. The molecule has 1 saturated heterocycles. The molecule has 1 aromatic rings. The van der Waals surface area contributed by atoms with E-state index in [0.29, 0.717) is 31.2 Å². The highest BCUT2D eigenvalue weighted by molar-refractivity contribution is 7.90. The average Bonchev–Trinajstić information content (AvgIpc) is 3.10. The van der Waals surface area contributed by atoms with Crippen molar-refractivity contribution < 1.29 is 17.9 Å². The third kappa shape index (κ3) is 6.01. The first-order valence-electron chi connectivity index (χ1n) is 8.85. The van der Waals surface area contributed by atoms with Crippen molar-refractivity contribution in [3.05, 3.63) is 24.3 Å². The Labute approximate surface area is 150 Å². The highest BCUT2D eigenvalue weighted by Crippen LogP contribution is 2.16. The fourth-order valence-corrected chi connectivity index (χ4v) is 3.63. The molecule has 1 N–H and O–H groups in total. The number of hydrogen-bond donors (Lipinski definition) is 1. The Kier molecular flexibility index (Phi) is 7.25. The van der Waals surface area contributed by atoms with Crippen molar-refractivity contribution in [3.8, 4) is 5.75 Å². The topological polar surface area (TPSA) is 75.7 Å². The normalized spacial score (nSPS) is 17.4. The van der Waals surface area contributed by atoms with Gasteiger partial charge < -0.3 is 15.0 Å². The van der Waals surface area contributed by atoms with Crippen molar-refractivity contribution in [3.63, 3.8) is 0 Å². The quantitative estimate of drug-likeness (QED) is 0.673. The Morgan fingerprint density at radius 2 is 2.04 bits per heavy atom. The van der Waals surface area contributed by atoms with Crippen molar-refractivity contribution in [2.45, 2.75) is 43.5 Å². The van der Waals surface area contributed by atoms with Crippen LogP contribution in [0.3, 0.4) is 0 Å². The van der Waals surface area contributed by atoms with Crippen LogP contribution in [0.4, 0.5) is 0 Å². The van der Waals surface area contributed by atoms with Gasteiger partial charge in [-0.3, -0.25) is 4.79 Å². The zero-order chi connectivity index (χ0) is 18.3. The Morgan fingerprint density at radius 3 is 2.60 bits per heavy atom. The fourth-order valence-electron chi connectivity index (χ4n) is 3.00. The molecule has 1 aliphatic rings. The molecule has 0 radical (unpaired) electrons. The van der Waals surface area contributed by atoms with E-state index in [1.165, 1.54) is 18.4 Å². The fraction of sp³-hybridized carbons (Fsp3) is 0.611. The van der Waals surface area contributed by atoms with Crippen LogP contribution in [0.5, 0.6) is 5.75 Å². The first-order valence-corrected chi connectivity index (χ1v) is 10.7. The number of carbonyl (C=O) groups excluding carboxylic acids is 1. The molecule has 6 nitrogen and oxygen atoms in total. The molecule has 0 aliphatic carbocycles. The SMILES string of the molecule is CCCN(C(=O)CCCOc1ccc(S(C)(=O)=O)cc1)C1CCNC1. The van der Waals surface area contributed by atoms with E-state index in [2.05, 4.69) is 12.2 Å². The summed E-state index contributed by atoms with van der Waals surface area (Å²) >= 11 is 0. The van der Waals surface area contributed by atoms with E-state index < -0.39 is 9.84 Å². The van der Waals surface area contributed by atoms with E-state index in [1.807, 2.05) is 4.90 Å². The predicted octanol–water partition coefficient (Wildman–Crippen LogP) is 1.85. The molecule has 2 rings (SSSR count). The minimum absolute atomic E-state index is 0.187. The molecule has 1 fully saturated rings. The second-order valence-electron chi connectivity index (χ2n) is 6.43. The second-order valence-corrected chi connectivity index (χ2v) is 8.45.